The molecule has 0 spiro atoms. The number of carbonyl (C=O) groups is 2. The number of β-lactam (4-membered cyclic amide) rings is 1. The third-order valence-electron chi connectivity index (χ3n) is 5.11. The van der Waals surface area contributed by atoms with E-state index in [1.165, 1.54) is 4.90 Å². The molecule has 1 aliphatic heterocycles. The number of phenols is 1. The highest BCUT2D eigenvalue weighted by Gasteiger charge is 2.51. The molecule has 0 bridgehead atoms. The van der Waals surface area contributed by atoms with E-state index in [0.717, 1.165) is 18.4 Å². The van der Waals surface area contributed by atoms with E-state index >= 15 is 0 Å². The first-order chi connectivity index (χ1) is 14.0. The second-order valence-electron chi connectivity index (χ2n) is 7.03. The number of hydrogen-bond donors (Lipinski definition) is 1. The van der Waals surface area contributed by atoms with Crippen molar-refractivity contribution in [3.8, 4) is 11.5 Å². The van der Waals surface area contributed by atoms with Crippen LogP contribution in [-0.2, 0) is 20.7 Å². The fourth-order valence-corrected chi connectivity index (χ4v) is 3.56. The van der Waals surface area contributed by atoms with Crippen LogP contribution in [0, 0.1) is 5.92 Å². The lowest BCUT2D eigenvalue weighted by molar-refractivity contribution is -0.154. The topological polar surface area (TPSA) is 76.1 Å². The molecule has 29 heavy (non-hydrogen) atoms. The lowest BCUT2D eigenvalue weighted by atomic mass is 9.84. The Hall–Kier alpha value is -3.02. The summed E-state index contributed by atoms with van der Waals surface area (Å²) >= 11 is 0. The van der Waals surface area contributed by atoms with Crippen molar-refractivity contribution in [1.82, 2.24) is 0 Å². The molecule has 0 saturated carbocycles. The van der Waals surface area contributed by atoms with Gasteiger partial charge in [0.25, 0.3) is 0 Å². The van der Waals surface area contributed by atoms with E-state index in [2.05, 4.69) is 0 Å². The summed E-state index contributed by atoms with van der Waals surface area (Å²) in [5, 5.41) is 9.30. The zero-order valence-electron chi connectivity index (χ0n) is 16.8. The Balaban J connectivity index is 1.54. The summed E-state index contributed by atoms with van der Waals surface area (Å²) in [6.07, 6.45) is 2.32. The van der Waals surface area contributed by atoms with Crippen LogP contribution >= 0.6 is 0 Å². The van der Waals surface area contributed by atoms with Crippen LogP contribution in [0.15, 0.2) is 48.5 Å². The number of phenolic OH excluding ortho intramolecular Hbond substituents is 1. The molecule has 1 amide bonds. The van der Waals surface area contributed by atoms with Gasteiger partial charge in [-0.05, 0) is 68.1 Å². The van der Waals surface area contributed by atoms with E-state index in [1.807, 2.05) is 31.2 Å². The predicted octanol–water partition coefficient (Wildman–Crippen LogP) is 3.71. The molecule has 154 valence electrons. The van der Waals surface area contributed by atoms with E-state index in [9.17, 15) is 14.7 Å². The molecule has 1 N–H and O–H groups in total. The average molecular weight is 397 g/mol. The number of rotatable bonds is 9. The van der Waals surface area contributed by atoms with Gasteiger partial charge in [0.2, 0.25) is 5.91 Å². The predicted molar refractivity (Wildman–Crippen MR) is 110 cm³/mol. The second kappa shape index (κ2) is 9.45. The number of aromatic hydroxyl groups is 1. The molecule has 2 aromatic carbocycles. The summed E-state index contributed by atoms with van der Waals surface area (Å²) in [4.78, 5) is 26.2. The van der Waals surface area contributed by atoms with Gasteiger partial charge in [0, 0.05) is 5.69 Å². The van der Waals surface area contributed by atoms with Crippen molar-refractivity contribution in [2.24, 2.45) is 5.92 Å². The number of nitrogens with zero attached hydrogens (tertiary/aromatic N) is 1. The minimum Gasteiger partial charge on any atom is -0.508 e. The lowest BCUT2D eigenvalue weighted by Gasteiger charge is -2.45. The summed E-state index contributed by atoms with van der Waals surface area (Å²) in [5.74, 6) is 0.264. The SMILES string of the molecule is CCOC(=O)[C@H]1[C@H](CC)C(=O)N1c1ccc(OCCCc2ccc(O)cc2)cc1. The van der Waals surface area contributed by atoms with E-state index < -0.39 is 6.04 Å². The fourth-order valence-electron chi connectivity index (χ4n) is 3.56. The van der Waals surface area contributed by atoms with Gasteiger partial charge in [0.05, 0.1) is 19.1 Å². The van der Waals surface area contributed by atoms with Crippen LogP contribution in [0.2, 0.25) is 0 Å². The van der Waals surface area contributed by atoms with Crippen molar-refractivity contribution in [3.63, 3.8) is 0 Å². The second-order valence-corrected chi connectivity index (χ2v) is 7.03. The number of carbonyl (C=O) groups excluding carboxylic acids is 2. The smallest absolute Gasteiger partial charge is 0.330 e. The van der Waals surface area contributed by atoms with Crippen LogP contribution in [0.25, 0.3) is 0 Å². The lowest BCUT2D eigenvalue weighted by Crippen LogP contribution is -2.65. The molecule has 0 unspecified atom stereocenters. The fraction of sp³-hybridized carbons (Fsp3) is 0.391. The first kappa shape index (κ1) is 20.7. The van der Waals surface area contributed by atoms with Gasteiger partial charge in [-0.1, -0.05) is 19.1 Å². The minimum absolute atomic E-state index is 0.0480. The van der Waals surface area contributed by atoms with Crippen LogP contribution in [-0.4, -0.2) is 36.2 Å². The highest BCUT2D eigenvalue weighted by atomic mass is 16.5. The van der Waals surface area contributed by atoms with Gasteiger partial charge in [-0.2, -0.15) is 0 Å². The zero-order valence-corrected chi connectivity index (χ0v) is 16.8. The van der Waals surface area contributed by atoms with Crippen LogP contribution in [0.1, 0.15) is 32.3 Å². The Morgan fingerprint density at radius 1 is 1.07 bits per heavy atom. The molecule has 6 heteroatoms. The van der Waals surface area contributed by atoms with Crippen LogP contribution in [0.4, 0.5) is 5.69 Å². The maximum atomic E-state index is 12.4. The normalized spacial score (nSPS) is 18.3. The molecule has 2 aromatic rings. The van der Waals surface area contributed by atoms with Crippen LogP contribution < -0.4 is 9.64 Å². The Morgan fingerprint density at radius 2 is 1.76 bits per heavy atom. The summed E-state index contributed by atoms with van der Waals surface area (Å²) < 4.78 is 10.9. The van der Waals surface area contributed by atoms with Crippen molar-refractivity contribution in [1.29, 1.82) is 0 Å². The molecule has 1 heterocycles. The summed E-state index contributed by atoms with van der Waals surface area (Å²) in [6, 6.07) is 13.8. The van der Waals surface area contributed by atoms with Gasteiger partial charge >= 0.3 is 5.97 Å². The van der Waals surface area contributed by atoms with E-state index in [0.29, 0.717) is 31.1 Å². The van der Waals surface area contributed by atoms with E-state index in [1.54, 1.807) is 31.2 Å². The highest BCUT2D eigenvalue weighted by Crippen LogP contribution is 2.36. The summed E-state index contributed by atoms with van der Waals surface area (Å²) in [5.41, 5.74) is 1.82. The third kappa shape index (κ3) is 4.70. The van der Waals surface area contributed by atoms with Crippen LogP contribution in [0.5, 0.6) is 11.5 Å². The summed E-state index contributed by atoms with van der Waals surface area (Å²) in [7, 11) is 0. The monoisotopic (exact) mass is 397 g/mol. The molecule has 1 fully saturated rings. The molecular formula is C23H27NO5. The quantitative estimate of drug-likeness (QED) is 0.397. The zero-order chi connectivity index (χ0) is 20.8. The van der Waals surface area contributed by atoms with Gasteiger partial charge in [-0.25, -0.2) is 4.79 Å². The third-order valence-corrected chi connectivity index (χ3v) is 5.11. The van der Waals surface area contributed by atoms with Crippen molar-refractivity contribution >= 4 is 17.6 Å². The van der Waals surface area contributed by atoms with E-state index in [4.69, 9.17) is 9.47 Å². The standard InChI is InChI=1S/C23H27NO5/c1-3-20-21(23(27)28-4-2)24(22(20)26)17-9-13-19(14-10-17)29-15-5-6-16-7-11-18(25)12-8-16/h7-14,20-21,25H,3-6,15H2,1-2H3/t20-,21+/m0/s1. The molecular weight excluding hydrogens is 370 g/mol. The molecule has 0 radical (unpaired) electrons. The molecule has 2 atom stereocenters. The minimum atomic E-state index is -0.551. The van der Waals surface area contributed by atoms with Crippen molar-refractivity contribution < 1.29 is 24.2 Å². The van der Waals surface area contributed by atoms with Gasteiger partial charge < -0.3 is 14.6 Å². The highest BCUT2D eigenvalue weighted by molar-refractivity contribution is 6.10. The molecule has 3 rings (SSSR count). The first-order valence-corrected chi connectivity index (χ1v) is 10.1. The van der Waals surface area contributed by atoms with Crippen molar-refractivity contribution in [2.75, 3.05) is 18.1 Å². The van der Waals surface area contributed by atoms with Gasteiger partial charge in [-0.15, -0.1) is 0 Å². The van der Waals surface area contributed by atoms with Gasteiger partial charge in [-0.3, -0.25) is 9.69 Å². The van der Waals surface area contributed by atoms with Crippen molar-refractivity contribution in [2.45, 2.75) is 39.2 Å². The van der Waals surface area contributed by atoms with E-state index in [-0.39, 0.29) is 23.5 Å². The van der Waals surface area contributed by atoms with Crippen molar-refractivity contribution in [3.05, 3.63) is 54.1 Å². The number of benzene rings is 2. The van der Waals surface area contributed by atoms with Gasteiger partial charge in [0.15, 0.2) is 0 Å². The number of hydrogen-bond acceptors (Lipinski definition) is 5. The van der Waals surface area contributed by atoms with Gasteiger partial charge in [0.1, 0.15) is 17.5 Å². The largest absolute Gasteiger partial charge is 0.508 e. The molecule has 0 aliphatic carbocycles. The maximum Gasteiger partial charge on any atom is 0.330 e. The Labute approximate surface area is 171 Å². The Bertz CT molecular complexity index is 831. The number of ether oxygens (including phenoxy) is 2. The molecule has 0 aromatic heterocycles. The average Bonchev–Trinajstić information content (AvgIpc) is 2.72. The number of anilines is 1. The summed E-state index contributed by atoms with van der Waals surface area (Å²) in [6.45, 7) is 4.52. The number of esters is 1. The molecule has 1 saturated heterocycles. The Morgan fingerprint density at radius 3 is 2.38 bits per heavy atom. The maximum absolute atomic E-state index is 12.4. The van der Waals surface area contributed by atoms with Crippen LogP contribution in [0.3, 0.4) is 0 Å². The Kier molecular flexibility index (Phi) is 6.75. The number of amides is 1. The molecule has 6 nitrogen and oxygen atoms in total. The first-order valence-electron chi connectivity index (χ1n) is 10.1. The molecule has 1 aliphatic rings. The number of aryl methyl sites for hydroxylation is 1.